The van der Waals surface area contributed by atoms with Gasteiger partial charge < -0.3 is 10.5 Å². The minimum Gasteiger partial charge on any atom is -0.426 e. The van der Waals surface area contributed by atoms with Crippen molar-refractivity contribution in [3.8, 4) is 5.75 Å². The first-order chi connectivity index (χ1) is 12.9. The van der Waals surface area contributed by atoms with Gasteiger partial charge in [0, 0.05) is 18.2 Å². The van der Waals surface area contributed by atoms with E-state index in [1.807, 2.05) is 0 Å². The Bertz CT molecular complexity index is 626. The topological polar surface area (TPSA) is 52.3 Å². The van der Waals surface area contributed by atoms with Gasteiger partial charge in [0.25, 0.3) is 0 Å². The smallest absolute Gasteiger partial charge is 0.314 e. The standard InChI is InChI=1S/C21H28F3NO2/c22-18-11-17(12-19(23)20(18)24)27-21(26)15-5-1-3-13(4-2-6-15)14-7-9-16(25)10-8-14/h11-16H,1-10,25H2. The second kappa shape index (κ2) is 9.09. The van der Waals surface area contributed by atoms with E-state index >= 15 is 0 Å². The van der Waals surface area contributed by atoms with Gasteiger partial charge in [-0.05, 0) is 50.4 Å². The van der Waals surface area contributed by atoms with Gasteiger partial charge in [-0.2, -0.15) is 0 Å². The van der Waals surface area contributed by atoms with Gasteiger partial charge in [0.05, 0.1) is 5.92 Å². The lowest BCUT2D eigenvalue weighted by Gasteiger charge is -2.34. The molecule has 2 N–H and O–H groups in total. The predicted octanol–water partition coefficient (Wildman–Crippen LogP) is 5.11. The highest BCUT2D eigenvalue weighted by Gasteiger charge is 2.29. The van der Waals surface area contributed by atoms with Gasteiger partial charge in [0.15, 0.2) is 17.5 Å². The van der Waals surface area contributed by atoms with Crippen LogP contribution in [0.25, 0.3) is 0 Å². The number of carbonyl (C=O) groups excluding carboxylic acids is 1. The van der Waals surface area contributed by atoms with Gasteiger partial charge >= 0.3 is 5.97 Å². The van der Waals surface area contributed by atoms with Crippen molar-refractivity contribution in [3.05, 3.63) is 29.6 Å². The molecule has 0 radical (unpaired) electrons. The lowest BCUT2D eigenvalue weighted by Crippen LogP contribution is -2.30. The molecule has 6 heteroatoms. The Labute approximate surface area is 158 Å². The maximum atomic E-state index is 13.3. The molecule has 27 heavy (non-hydrogen) atoms. The van der Waals surface area contributed by atoms with Crippen LogP contribution >= 0.6 is 0 Å². The molecule has 0 saturated heterocycles. The number of carbonyl (C=O) groups is 1. The molecule has 0 heterocycles. The normalized spacial score (nSPS) is 29.6. The quantitative estimate of drug-likeness (QED) is 0.448. The van der Waals surface area contributed by atoms with E-state index < -0.39 is 23.4 Å². The van der Waals surface area contributed by atoms with Crippen LogP contribution in [0, 0.1) is 35.2 Å². The Morgan fingerprint density at radius 2 is 1.37 bits per heavy atom. The highest BCUT2D eigenvalue weighted by molar-refractivity contribution is 5.75. The zero-order valence-electron chi connectivity index (χ0n) is 15.6. The van der Waals surface area contributed by atoms with Crippen molar-refractivity contribution in [2.75, 3.05) is 0 Å². The molecule has 0 aliphatic heterocycles. The molecule has 1 aromatic rings. The molecular formula is C21H28F3NO2. The van der Waals surface area contributed by atoms with Gasteiger partial charge in [0.1, 0.15) is 5.75 Å². The second-order valence-electron chi connectivity index (χ2n) is 8.12. The van der Waals surface area contributed by atoms with Crippen LogP contribution in [-0.4, -0.2) is 12.0 Å². The molecule has 3 rings (SSSR count). The number of ether oxygens (including phenoxy) is 1. The Morgan fingerprint density at radius 3 is 1.93 bits per heavy atom. The van der Waals surface area contributed by atoms with Crippen molar-refractivity contribution in [1.29, 1.82) is 0 Å². The van der Waals surface area contributed by atoms with E-state index in [-0.39, 0.29) is 11.7 Å². The van der Waals surface area contributed by atoms with Crippen molar-refractivity contribution in [1.82, 2.24) is 0 Å². The van der Waals surface area contributed by atoms with Crippen molar-refractivity contribution in [2.45, 2.75) is 70.3 Å². The minimum atomic E-state index is -1.56. The predicted molar refractivity (Wildman–Crippen MR) is 96.6 cm³/mol. The van der Waals surface area contributed by atoms with Gasteiger partial charge in [-0.15, -0.1) is 0 Å². The van der Waals surface area contributed by atoms with E-state index in [0.717, 1.165) is 44.4 Å². The third kappa shape index (κ3) is 5.24. The molecule has 0 amide bonds. The molecule has 1 aromatic carbocycles. The Morgan fingerprint density at radius 1 is 0.852 bits per heavy atom. The van der Waals surface area contributed by atoms with Gasteiger partial charge in [-0.25, -0.2) is 13.2 Å². The molecule has 2 fully saturated rings. The fourth-order valence-electron chi connectivity index (χ4n) is 4.66. The fraction of sp³-hybridized carbons (Fsp3) is 0.667. The summed E-state index contributed by atoms with van der Waals surface area (Å²) in [5.41, 5.74) is 6.00. The Hall–Kier alpha value is -1.56. The van der Waals surface area contributed by atoms with Crippen LogP contribution < -0.4 is 10.5 Å². The zero-order valence-corrected chi connectivity index (χ0v) is 15.6. The Balaban J connectivity index is 1.52. The van der Waals surface area contributed by atoms with Crippen LogP contribution in [0.5, 0.6) is 5.75 Å². The molecule has 0 atom stereocenters. The summed E-state index contributed by atoms with van der Waals surface area (Å²) in [4.78, 5) is 12.4. The first-order valence-corrected chi connectivity index (χ1v) is 10.1. The summed E-state index contributed by atoms with van der Waals surface area (Å²) in [6.07, 6.45) is 10.2. The molecule has 0 unspecified atom stereocenters. The third-order valence-electron chi connectivity index (χ3n) is 6.25. The molecule has 3 nitrogen and oxygen atoms in total. The maximum absolute atomic E-state index is 13.3. The summed E-state index contributed by atoms with van der Waals surface area (Å²) in [5, 5.41) is 0. The fourth-order valence-corrected chi connectivity index (χ4v) is 4.66. The van der Waals surface area contributed by atoms with E-state index in [0.29, 0.717) is 36.9 Å². The first kappa shape index (κ1) is 20.2. The van der Waals surface area contributed by atoms with Crippen LogP contribution in [0.15, 0.2) is 12.1 Å². The van der Waals surface area contributed by atoms with Crippen molar-refractivity contribution in [2.24, 2.45) is 23.5 Å². The molecule has 2 saturated carbocycles. The van der Waals surface area contributed by atoms with Crippen LogP contribution in [0.3, 0.4) is 0 Å². The molecule has 150 valence electrons. The van der Waals surface area contributed by atoms with Gasteiger partial charge in [0.2, 0.25) is 0 Å². The average molecular weight is 383 g/mol. The summed E-state index contributed by atoms with van der Waals surface area (Å²) >= 11 is 0. The average Bonchev–Trinajstić information content (AvgIpc) is 2.60. The van der Waals surface area contributed by atoms with Crippen LogP contribution in [0.1, 0.15) is 64.2 Å². The second-order valence-corrected chi connectivity index (χ2v) is 8.12. The van der Waals surface area contributed by atoms with E-state index in [1.54, 1.807) is 0 Å². The number of hydrogen-bond acceptors (Lipinski definition) is 3. The van der Waals surface area contributed by atoms with E-state index in [4.69, 9.17) is 10.5 Å². The monoisotopic (exact) mass is 383 g/mol. The summed E-state index contributed by atoms with van der Waals surface area (Å²) in [5.74, 6) is -3.86. The molecular weight excluding hydrogens is 355 g/mol. The van der Waals surface area contributed by atoms with Crippen molar-refractivity contribution >= 4 is 5.97 Å². The number of halogens is 3. The maximum Gasteiger partial charge on any atom is 0.314 e. The number of hydrogen-bond donors (Lipinski definition) is 1. The highest BCUT2D eigenvalue weighted by Crippen LogP contribution is 2.38. The molecule has 0 aromatic heterocycles. The minimum absolute atomic E-state index is 0.276. The molecule has 0 bridgehead atoms. The van der Waals surface area contributed by atoms with Gasteiger partial charge in [-0.1, -0.05) is 25.7 Å². The van der Waals surface area contributed by atoms with Crippen LogP contribution in [0.4, 0.5) is 13.2 Å². The number of rotatable bonds is 3. The number of esters is 1. The lowest BCUT2D eigenvalue weighted by molar-refractivity contribution is -0.139. The summed E-state index contributed by atoms with van der Waals surface area (Å²) < 4.78 is 44.7. The van der Waals surface area contributed by atoms with Crippen LogP contribution in [0.2, 0.25) is 0 Å². The van der Waals surface area contributed by atoms with Crippen LogP contribution in [-0.2, 0) is 4.79 Å². The lowest BCUT2D eigenvalue weighted by atomic mass is 9.73. The highest BCUT2D eigenvalue weighted by atomic mass is 19.2. The molecule has 0 spiro atoms. The van der Waals surface area contributed by atoms with Crippen molar-refractivity contribution in [3.63, 3.8) is 0 Å². The van der Waals surface area contributed by atoms with Gasteiger partial charge in [-0.3, -0.25) is 4.79 Å². The first-order valence-electron chi connectivity index (χ1n) is 10.1. The molecule has 2 aliphatic carbocycles. The summed E-state index contributed by atoms with van der Waals surface area (Å²) in [7, 11) is 0. The van der Waals surface area contributed by atoms with Crippen molar-refractivity contribution < 1.29 is 22.7 Å². The van der Waals surface area contributed by atoms with E-state index in [9.17, 15) is 18.0 Å². The summed E-state index contributed by atoms with van der Waals surface area (Å²) in [6, 6.07) is 1.78. The summed E-state index contributed by atoms with van der Waals surface area (Å²) in [6.45, 7) is 0. The largest absolute Gasteiger partial charge is 0.426 e. The third-order valence-corrected chi connectivity index (χ3v) is 6.25. The van der Waals surface area contributed by atoms with E-state index in [1.165, 1.54) is 12.8 Å². The zero-order chi connectivity index (χ0) is 19.4. The van der Waals surface area contributed by atoms with E-state index in [2.05, 4.69) is 0 Å². The Kier molecular flexibility index (Phi) is 6.79. The number of benzene rings is 1. The molecule has 2 aliphatic rings. The SMILES string of the molecule is NC1CCC(C2CCCC(C(=O)Oc3cc(F)c(F)c(F)c3)CCC2)CC1. The number of nitrogens with two attached hydrogens (primary N) is 1.